The Bertz CT molecular complexity index is 872. The topological polar surface area (TPSA) is 65.5 Å². The summed E-state index contributed by atoms with van der Waals surface area (Å²) in [6, 6.07) is 11.2. The van der Waals surface area contributed by atoms with Crippen LogP contribution in [-0.4, -0.2) is 36.9 Å². The predicted molar refractivity (Wildman–Crippen MR) is 109 cm³/mol. The fraction of sp³-hybridized carbons (Fsp3) is 0.409. The number of nitrogens with zero attached hydrogens (tertiary/aromatic N) is 3. The van der Waals surface area contributed by atoms with Crippen molar-refractivity contribution in [2.75, 3.05) is 29.9 Å². The third-order valence-electron chi connectivity index (χ3n) is 5.46. The van der Waals surface area contributed by atoms with E-state index in [9.17, 15) is 9.59 Å². The Morgan fingerprint density at radius 3 is 2.68 bits per heavy atom. The summed E-state index contributed by atoms with van der Waals surface area (Å²) in [6.45, 7) is 2.51. The van der Waals surface area contributed by atoms with Crippen LogP contribution in [0, 0.1) is 5.92 Å². The van der Waals surface area contributed by atoms with E-state index in [1.807, 2.05) is 30.3 Å². The second-order valence-electron chi connectivity index (χ2n) is 7.59. The SMILES string of the molecule is CN(C(=O)C1CC1)c1ccccc1C(=O)NCc1ccnc(N2CCCC2)c1. The first-order chi connectivity index (χ1) is 13.6. The molecule has 6 nitrogen and oxygen atoms in total. The summed E-state index contributed by atoms with van der Waals surface area (Å²) < 4.78 is 0. The van der Waals surface area contributed by atoms with Crippen molar-refractivity contribution in [1.82, 2.24) is 10.3 Å². The average molecular weight is 378 g/mol. The smallest absolute Gasteiger partial charge is 0.253 e. The van der Waals surface area contributed by atoms with Crippen LogP contribution in [0.1, 0.15) is 41.6 Å². The monoisotopic (exact) mass is 378 g/mol. The molecule has 1 aromatic carbocycles. The maximum Gasteiger partial charge on any atom is 0.253 e. The maximum absolute atomic E-state index is 12.8. The van der Waals surface area contributed by atoms with E-state index in [-0.39, 0.29) is 17.7 Å². The van der Waals surface area contributed by atoms with E-state index >= 15 is 0 Å². The van der Waals surface area contributed by atoms with Crippen molar-refractivity contribution < 1.29 is 9.59 Å². The molecule has 1 saturated heterocycles. The number of nitrogens with one attached hydrogen (secondary N) is 1. The van der Waals surface area contributed by atoms with Gasteiger partial charge in [-0.15, -0.1) is 0 Å². The summed E-state index contributed by atoms with van der Waals surface area (Å²) in [4.78, 5) is 33.6. The molecule has 0 radical (unpaired) electrons. The maximum atomic E-state index is 12.8. The number of carbonyl (C=O) groups is 2. The Labute approximate surface area is 165 Å². The molecule has 0 bridgehead atoms. The number of benzene rings is 1. The molecule has 0 atom stereocenters. The summed E-state index contributed by atoms with van der Waals surface area (Å²) >= 11 is 0. The van der Waals surface area contributed by atoms with Gasteiger partial charge in [0.15, 0.2) is 0 Å². The Morgan fingerprint density at radius 2 is 1.93 bits per heavy atom. The largest absolute Gasteiger partial charge is 0.357 e. The van der Waals surface area contributed by atoms with Gasteiger partial charge in [-0.3, -0.25) is 9.59 Å². The van der Waals surface area contributed by atoms with Gasteiger partial charge in [0.25, 0.3) is 5.91 Å². The Morgan fingerprint density at radius 1 is 1.18 bits per heavy atom. The normalized spacial score (nSPS) is 16.1. The van der Waals surface area contributed by atoms with Crippen LogP contribution in [0.4, 0.5) is 11.5 Å². The second-order valence-corrected chi connectivity index (χ2v) is 7.59. The molecule has 1 aromatic heterocycles. The van der Waals surface area contributed by atoms with Gasteiger partial charge in [0.05, 0.1) is 11.3 Å². The van der Waals surface area contributed by atoms with Gasteiger partial charge in [-0.05, 0) is 55.5 Å². The van der Waals surface area contributed by atoms with Gasteiger partial charge in [0, 0.05) is 38.8 Å². The number of pyridine rings is 1. The number of carbonyl (C=O) groups excluding carboxylic acids is 2. The number of para-hydroxylation sites is 1. The lowest BCUT2D eigenvalue weighted by Crippen LogP contribution is -2.31. The van der Waals surface area contributed by atoms with Crippen LogP contribution >= 0.6 is 0 Å². The first-order valence-electron chi connectivity index (χ1n) is 9.98. The lowest BCUT2D eigenvalue weighted by molar-refractivity contribution is -0.119. The van der Waals surface area contributed by atoms with Gasteiger partial charge in [0.2, 0.25) is 5.91 Å². The number of hydrogen-bond acceptors (Lipinski definition) is 4. The van der Waals surface area contributed by atoms with E-state index in [4.69, 9.17) is 0 Å². The standard InChI is InChI=1S/C22H26N4O2/c1-25(22(28)17-8-9-17)19-7-3-2-6-18(19)21(27)24-15-16-10-11-23-20(14-16)26-12-4-5-13-26/h2-3,6-7,10-11,14,17H,4-5,8-9,12-13,15H2,1H3,(H,24,27). The molecule has 2 amide bonds. The molecule has 1 aliphatic carbocycles. The summed E-state index contributed by atoms with van der Waals surface area (Å²) in [5.41, 5.74) is 2.20. The number of amides is 2. The second kappa shape index (κ2) is 8.00. The number of rotatable bonds is 6. The molecule has 146 valence electrons. The van der Waals surface area contributed by atoms with Crippen LogP contribution in [0.5, 0.6) is 0 Å². The van der Waals surface area contributed by atoms with Crippen LogP contribution in [0.3, 0.4) is 0 Å². The van der Waals surface area contributed by atoms with E-state index in [0.717, 1.165) is 37.3 Å². The van der Waals surface area contributed by atoms with Gasteiger partial charge in [0.1, 0.15) is 5.82 Å². The highest BCUT2D eigenvalue weighted by atomic mass is 16.2. The van der Waals surface area contributed by atoms with Crippen molar-refractivity contribution >= 4 is 23.3 Å². The molecule has 0 spiro atoms. The fourth-order valence-corrected chi connectivity index (χ4v) is 3.65. The zero-order valence-corrected chi connectivity index (χ0v) is 16.2. The molecule has 0 unspecified atom stereocenters. The first-order valence-corrected chi connectivity index (χ1v) is 9.98. The van der Waals surface area contributed by atoms with Gasteiger partial charge < -0.3 is 15.1 Å². The number of hydrogen-bond donors (Lipinski definition) is 1. The molecule has 28 heavy (non-hydrogen) atoms. The molecule has 2 aliphatic rings. The Kier molecular flexibility index (Phi) is 5.28. The van der Waals surface area contributed by atoms with Crippen molar-refractivity contribution in [2.45, 2.75) is 32.2 Å². The molecule has 2 aromatic rings. The highest BCUT2D eigenvalue weighted by Crippen LogP contribution is 2.33. The molecule has 1 aliphatic heterocycles. The van der Waals surface area contributed by atoms with Crippen molar-refractivity contribution in [3.05, 3.63) is 53.7 Å². The van der Waals surface area contributed by atoms with Crippen LogP contribution in [0.2, 0.25) is 0 Å². The van der Waals surface area contributed by atoms with Crippen LogP contribution in [0.25, 0.3) is 0 Å². The molecular formula is C22H26N4O2. The molecule has 6 heteroatoms. The number of anilines is 2. The van der Waals surface area contributed by atoms with Gasteiger partial charge >= 0.3 is 0 Å². The van der Waals surface area contributed by atoms with E-state index in [1.54, 1.807) is 24.2 Å². The first kappa shape index (κ1) is 18.5. The van der Waals surface area contributed by atoms with E-state index in [0.29, 0.717) is 17.8 Å². The fourth-order valence-electron chi connectivity index (χ4n) is 3.65. The summed E-state index contributed by atoms with van der Waals surface area (Å²) in [7, 11) is 1.75. The zero-order valence-electron chi connectivity index (χ0n) is 16.2. The van der Waals surface area contributed by atoms with Gasteiger partial charge in [-0.1, -0.05) is 12.1 Å². The molecule has 2 heterocycles. The molecule has 1 N–H and O–H groups in total. The van der Waals surface area contributed by atoms with Crippen molar-refractivity contribution in [3.8, 4) is 0 Å². The van der Waals surface area contributed by atoms with E-state index < -0.39 is 0 Å². The molecular weight excluding hydrogens is 352 g/mol. The van der Waals surface area contributed by atoms with Crippen LogP contribution in [0.15, 0.2) is 42.6 Å². The molecule has 2 fully saturated rings. The van der Waals surface area contributed by atoms with Crippen molar-refractivity contribution in [1.29, 1.82) is 0 Å². The van der Waals surface area contributed by atoms with E-state index in [1.165, 1.54) is 12.8 Å². The van der Waals surface area contributed by atoms with Crippen LogP contribution in [-0.2, 0) is 11.3 Å². The zero-order chi connectivity index (χ0) is 19.5. The average Bonchev–Trinajstić information content (AvgIpc) is 3.44. The van der Waals surface area contributed by atoms with Crippen LogP contribution < -0.4 is 15.1 Å². The predicted octanol–water partition coefficient (Wildman–Crippen LogP) is 2.98. The number of aromatic nitrogens is 1. The third-order valence-corrected chi connectivity index (χ3v) is 5.46. The quantitative estimate of drug-likeness (QED) is 0.839. The molecule has 4 rings (SSSR count). The highest BCUT2D eigenvalue weighted by Gasteiger charge is 2.33. The summed E-state index contributed by atoms with van der Waals surface area (Å²) in [5, 5.41) is 2.99. The lowest BCUT2D eigenvalue weighted by Gasteiger charge is -2.20. The van der Waals surface area contributed by atoms with Crippen molar-refractivity contribution in [3.63, 3.8) is 0 Å². The highest BCUT2D eigenvalue weighted by molar-refractivity contribution is 6.05. The molecule has 1 saturated carbocycles. The Hall–Kier alpha value is -2.89. The minimum absolute atomic E-state index is 0.0876. The summed E-state index contributed by atoms with van der Waals surface area (Å²) in [5.74, 6) is 0.997. The lowest BCUT2D eigenvalue weighted by atomic mass is 10.1. The van der Waals surface area contributed by atoms with Gasteiger partial charge in [-0.25, -0.2) is 4.98 Å². The minimum atomic E-state index is -0.175. The van der Waals surface area contributed by atoms with Crippen molar-refractivity contribution in [2.24, 2.45) is 5.92 Å². The summed E-state index contributed by atoms with van der Waals surface area (Å²) in [6.07, 6.45) is 6.09. The minimum Gasteiger partial charge on any atom is -0.357 e. The third kappa shape index (κ3) is 4.01. The Balaban J connectivity index is 1.44. The van der Waals surface area contributed by atoms with Gasteiger partial charge in [-0.2, -0.15) is 0 Å². The van der Waals surface area contributed by atoms with E-state index in [2.05, 4.69) is 15.2 Å².